The standard InChI is InChI=1S/C9H10O3/c1-9-5-3-2-4-6(9)7(10)12-8(9)11/h4H,2-3,5H2,1H3. The van der Waals surface area contributed by atoms with Gasteiger partial charge in [-0.1, -0.05) is 6.08 Å². The zero-order valence-electron chi connectivity index (χ0n) is 6.92. The van der Waals surface area contributed by atoms with E-state index in [1.54, 1.807) is 6.92 Å². The second-order valence-electron chi connectivity index (χ2n) is 3.52. The van der Waals surface area contributed by atoms with Crippen LogP contribution >= 0.6 is 0 Å². The maximum atomic E-state index is 11.3. The zero-order valence-corrected chi connectivity index (χ0v) is 6.92. The van der Waals surface area contributed by atoms with Crippen molar-refractivity contribution in [3.05, 3.63) is 11.6 Å². The van der Waals surface area contributed by atoms with E-state index in [9.17, 15) is 9.59 Å². The fourth-order valence-electron chi connectivity index (χ4n) is 1.83. The molecule has 0 bridgehead atoms. The number of hydrogen-bond donors (Lipinski definition) is 0. The van der Waals surface area contributed by atoms with Gasteiger partial charge in [-0.15, -0.1) is 0 Å². The highest BCUT2D eigenvalue weighted by Gasteiger charge is 2.50. The summed E-state index contributed by atoms with van der Waals surface area (Å²) >= 11 is 0. The molecular weight excluding hydrogens is 156 g/mol. The highest BCUT2D eigenvalue weighted by atomic mass is 16.6. The van der Waals surface area contributed by atoms with E-state index >= 15 is 0 Å². The van der Waals surface area contributed by atoms with Gasteiger partial charge in [0.1, 0.15) is 0 Å². The first-order valence-corrected chi connectivity index (χ1v) is 4.12. The molecule has 0 spiro atoms. The van der Waals surface area contributed by atoms with Gasteiger partial charge in [0.05, 0.1) is 11.0 Å². The van der Waals surface area contributed by atoms with Crippen LogP contribution in [0.25, 0.3) is 0 Å². The number of allylic oxidation sites excluding steroid dienone is 1. The van der Waals surface area contributed by atoms with Crippen LogP contribution in [0.5, 0.6) is 0 Å². The van der Waals surface area contributed by atoms with Gasteiger partial charge in [0, 0.05) is 0 Å². The topological polar surface area (TPSA) is 43.4 Å². The maximum Gasteiger partial charge on any atom is 0.342 e. The average Bonchev–Trinajstić information content (AvgIpc) is 2.25. The fraction of sp³-hybridized carbons (Fsp3) is 0.556. The van der Waals surface area contributed by atoms with Crippen molar-refractivity contribution in [1.82, 2.24) is 0 Å². The Bertz CT molecular complexity index is 290. The van der Waals surface area contributed by atoms with Crippen molar-refractivity contribution in [2.75, 3.05) is 0 Å². The number of carbonyl (C=O) groups is 2. The average molecular weight is 166 g/mol. The lowest BCUT2D eigenvalue weighted by molar-refractivity contribution is -0.154. The van der Waals surface area contributed by atoms with E-state index in [1.165, 1.54) is 0 Å². The van der Waals surface area contributed by atoms with Crippen molar-refractivity contribution in [3.63, 3.8) is 0 Å². The van der Waals surface area contributed by atoms with E-state index in [0.29, 0.717) is 5.57 Å². The molecule has 0 saturated carbocycles. The molecule has 1 aliphatic heterocycles. The van der Waals surface area contributed by atoms with E-state index in [1.807, 2.05) is 6.08 Å². The molecule has 3 nitrogen and oxygen atoms in total. The summed E-state index contributed by atoms with van der Waals surface area (Å²) in [5.74, 6) is -0.819. The first-order chi connectivity index (χ1) is 5.64. The van der Waals surface area contributed by atoms with Crippen LogP contribution < -0.4 is 0 Å². The summed E-state index contributed by atoms with van der Waals surface area (Å²) in [5.41, 5.74) is -0.0613. The summed E-state index contributed by atoms with van der Waals surface area (Å²) in [7, 11) is 0. The number of rotatable bonds is 0. The number of esters is 2. The molecule has 1 heterocycles. The minimum atomic E-state index is -0.630. The summed E-state index contributed by atoms with van der Waals surface area (Å²) < 4.78 is 4.57. The first kappa shape index (κ1) is 7.53. The van der Waals surface area contributed by atoms with E-state index in [2.05, 4.69) is 4.74 Å². The van der Waals surface area contributed by atoms with Crippen LogP contribution in [0.15, 0.2) is 11.6 Å². The third kappa shape index (κ3) is 0.763. The van der Waals surface area contributed by atoms with E-state index < -0.39 is 11.4 Å². The Hall–Kier alpha value is -1.12. The Kier molecular flexibility index (Phi) is 1.37. The second kappa shape index (κ2) is 2.19. The van der Waals surface area contributed by atoms with E-state index in [4.69, 9.17) is 0 Å². The minimum Gasteiger partial charge on any atom is -0.389 e. The van der Waals surface area contributed by atoms with E-state index in [0.717, 1.165) is 19.3 Å². The smallest absolute Gasteiger partial charge is 0.342 e. The normalized spacial score (nSPS) is 34.2. The lowest BCUT2D eigenvalue weighted by Crippen LogP contribution is -2.26. The third-order valence-electron chi connectivity index (χ3n) is 2.68. The Labute approximate surface area is 70.4 Å². The molecule has 2 rings (SSSR count). The Morgan fingerprint density at radius 3 is 2.92 bits per heavy atom. The molecule has 0 aromatic rings. The summed E-state index contributed by atoms with van der Waals surface area (Å²) in [5, 5.41) is 0. The molecule has 3 heteroatoms. The molecular formula is C9H10O3. The van der Waals surface area contributed by atoms with E-state index in [-0.39, 0.29) is 5.97 Å². The predicted molar refractivity (Wildman–Crippen MR) is 41.1 cm³/mol. The van der Waals surface area contributed by atoms with Gasteiger partial charge >= 0.3 is 11.9 Å². The number of carbonyl (C=O) groups excluding carboxylic acids is 2. The molecule has 1 atom stereocenters. The summed E-state index contributed by atoms with van der Waals surface area (Å²) in [4.78, 5) is 22.4. The fourth-order valence-corrected chi connectivity index (χ4v) is 1.83. The van der Waals surface area contributed by atoms with Crippen molar-refractivity contribution < 1.29 is 14.3 Å². The largest absolute Gasteiger partial charge is 0.389 e. The number of ether oxygens (including phenoxy) is 1. The first-order valence-electron chi connectivity index (χ1n) is 4.12. The van der Waals surface area contributed by atoms with Crippen LogP contribution in [0.3, 0.4) is 0 Å². The third-order valence-corrected chi connectivity index (χ3v) is 2.68. The monoisotopic (exact) mass is 166 g/mol. The van der Waals surface area contributed by atoms with Gasteiger partial charge in [0.15, 0.2) is 0 Å². The molecule has 1 saturated heterocycles. The molecule has 2 aliphatic rings. The van der Waals surface area contributed by atoms with Gasteiger partial charge in [-0.3, -0.25) is 4.79 Å². The van der Waals surface area contributed by atoms with Crippen molar-refractivity contribution >= 4 is 11.9 Å². The van der Waals surface area contributed by atoms with Crippen LogP contribution in [-0.2, 0) is 14.3 Å². The highest BCUT2D eigenvalue weighted by molar-refractivity contribution is 6.09. The van der Waals surface area contributed by atoms with Crippen LogP contribution in [0, 0.1) is 5.41 Å². The quantitative estimate of drug-likeness (QED) is 0.401. The SMILES string of the molecule is CC12CCCC=C1C(=O)OC2=O. The molecule has 0 aromatic heterocycles. The van der Waals surface area contributed by atoms with Crippen LogP contribution in [0.4, 0.5) is 0 Å². The Morgan fingerprint density at radius 1 is 1.50 bits per heavy atom. The molecule has 0 N–H and O–H groups in total. The summed E-state index contributed by atoms with van der Waals surface area (Å²) in [6, 6.07) is 0. The van der Waals surface area contributed by atoms with Gasteiger partial charge < -0.3 is 4.74 Å². The van der Waals surface area contributed by atoms with Gasteiger partial charge in [-0.05, 0) is 26.2 Å². The van der Waals surface area contributed by atoms with Gasteiger partial charge in [0.25, 0.3) is 0 Å². The second-order valence-corrected chi connectivity index (χ2v) is 3.52. The highest BCUT2D eigenvalue weighted by Crippen LogP contribution is 2.43. The predicted octanol–water partition coefficient (Wildman–Crippen LogP) is 1.19. The molecule has 0 radical (unpaired) electrons. The molecule has 0 aromatic carbocycles. The summed E-state index contributed by atoms with van der Waals surface area (Å²) in [6.07, 6.45) is 4.41. The van der Waals surface area contributed by atoms with Crippen molar-refractivity contribution in [2.24, 2.45) is 5.41 Å². The minimum absolute atomic E-state index is 0.376. The number of hydrogen-bond acceptors (Lipinski definition) is 3. The Morgan fingerprint density at radius 2 is 2.25 bits per heavy atom. The molecule has 12 heavy (non-hydrogen) atoms. The van der Waals surface area contributed by atoms with Crippen LogP contribution in [0.2, 0.25) is 0 Å². The van der Waals surface area contributed by atoms with Gasteiger partial charge in [0.2, 0.25) is 0 Å². The van der Waals surface area contributed by atoms with Crippen molar-refractivity contribution in [1.29, 1.82) is 0 Å². The molecule has 1 aliphatic carbocycles. The number of fused-ring (bicyclic) bond motifs is 1. The molecule has 1 unspecified atom stereocenters. The van der Waals surface area contributed by atoms with Crippen LogP contribution in [-0.4, -0.2) is 11.9 Å². The van der Waals surface area contributed by atoms with Gasteiger partial charge in [-0.2, -0.15) is 0 Å². The summed E-state index contributed by atoms with van der Waals surface area (Å²) in [6.45, 7) is 1.78. The lowest BCUT2D eigenvalue weighted by Gasteiger charge is -2.22. The van der Waals surface area contributed by atoms with Crippen LogP contribution in [0.1, 0.15) is 26.2 Å². The van der Waals surface area contributed by atoms with Crippen molar-refractivity contribution in [3.8, 4) is 0 Å². The maximum absolute atomic E-state index is 11.3. The lowest BCUT2D eigenvalue weighted by atomic mass is 9.76. The van der Waals surface area contributed by atoms with Gasteiger partial charge in [-0.25, -0.2) is 4.79 Å². The molecule has 0 amide bonds. The zero-order chi connectivity index (χ0) is 8.77. The van der Waals surface area contributed by atoms with Crippen molar-refractivity contribution in [2.45, 2.75) is 26.2 Å². The number of cyclic esters (lactones) is 2. The molecule has 64 valence electrons. The molecule has 1 fully saturated rings. The Balaban J connectivity index is 2.49.